The average Bonchev–Trinajstić information content (AvgIpc) is 3.88. The van der Waals surface area contributed by atoms with Crippen LogP contribution < -0.4 is 14.4 Å². The van der Waals surface area contributed by atoms with E-state index in [1.54, 1.807) is 13.8 Å². The molecule has 2 saturated carbocycles. The van der Waals surface area contributed by atoms with Crippen LogP contribution in [0.2, 0.25) is 0 Å². The van der Waals surface area contributed by atoms with Gasteiger partial charge in [0.2, 0.25) is 10.0 Å². The first-order valence-electron chi connectivity index (χ1n) is 17.4. The summed E-state index contributed by atoms with van der Waals surface area (Å²) in [5.74, 6) is -2.99. The minimum Gasteiger partial charge on any atom is -0.451 e. The third-order valence-corrected chi connectivity index (χ3v) is 12.7. The number of likely N-dealkylation sites (tertiary alicyclic amines) is 1. The number of nitrogens with one attached hydrogen (secondary N) is 1. The summed E-state index contributed by atoms with van der Waals surface area (Å²) in [4.78, 5) is 28.3. The van der Waals surface area contributed by atoms with E-state index >= 15 is 0 Å². The summed E-state index contributed by atoms with van der Waals surface area (Å²) in [6.45, 7) is 8.21. The van der Waals surface area contributed by atoms with Crippen molar-refractivity contribution in [2.75, 3.05) is 44.2 Å². The van der Waals surface area contributed by atoms with E-state index in [9.17, 15) is 26.4 Å². The van der Waals surface area contributed by atoms with Crippen LogP contribution in [-0.2, 0) is 14.8 Å². The molecular formula is C34H45F3N6O5S. The first kappa shape index (κ1) is 34.4. The third-order valence-electron chi connectivity index (χ3n) is 10.7. The van der Waals surface area contributed by atoms with Crippen molar-refractivity contribution >= 4 is 21.7 Å². The number of benzene rings is 1. The van der Waals surface area contributed by atoms with Gasteiger partial charge >= 0.3 is 0 Å². The molecule has 2 aromatic rings. The fourth-order valence-electron chi connectivity index (χ4n) is 7.76. The molecule has 1 amide bonds. The highest BCUT2D eigenvalue weighted by Gasteiger charge is 2.50. The smallest absolute Gasteiger partial charge is 0.258 e. The molecular weight excluding hydrogens is 661 g/mol. The van der Waals surface area contributed by atoms with Gasteiger partial charge in [-0.25, -0.2) is 36.3 Å². The number of halogens is 3. The number of nitrogens with zero attached hydrogens (tertiary/aromatic N) is 5. The van der Waals surface area contributed by atoms with Crippen molar-refractivity contribution in [3.63, 3.8) is 0 Å². The van der Waals surface area contributed by atoms with Crippen LogP contribution in [0.15, 0.2) is 30.7 Å². The molecule has 1 N–H and O–H groups in total. The van der Waals surface area contributed by atoms with E-state index in [4.69, 9.17) is 9.47 Å². The predicted octanol–water partition coefficient (Wildman–Crippen LogP) is 4.59. The quantitative estimate of drug-likeness (QED) is 0.358. The molecule has 268 valence electrons. The minimum absolute atomic E-state index is 0.0387. The van der Waals surface area contributed by atoms with E-state index in [0.29, 0.717) is 18.2 Å². The van der Waals surface area contributed by atoms with Gasteiger partial charge in [-0.15, -0.1) is 0 Å². The number of piperidine rings is 1. The summed E-state index contributed by atoms with van der Waals surface area (Å²) in [5, 5.41) is -0.222. The normalized spacial score (nSPS) is 25.6. The van der Waals surface area contributed by atoms with E-state index in [2.05, 4.69) is 24.5 Å². The molecule has 4 heterocycles. The lowest BCUT2D eigenvalue weighted by Gasteiger charge is -2.54. The Kier molecular flexibility index (Phi) is 9.33. The molecule has 15 heteroatoms. The van der Waals surface area contributed by atoms with Crippen molar-refractivity contribution in [2.24, 2.45) is 5.41 Å². The maximum Gasteiger partial charge on any atom is 0.258 e. The van der Waals surface area contributed by atoms with Crippen LogP contribution in [-0.4, -0.2) is 109 Å². The van der Waals surface area contributed by atoms with Crippen molar-refractivity contribution < 1.29 is 35.9 Å². The van der Waals surface area contributed by atoms with E-state index in [1.165, 1.54) is 29.6 Å². The molecule has 1 aromatic carbocycles. The molecule has 5 aliphatic rings. The van der Waals surface area contributed by atoms with Gasteiger partial charge in [-0.3, -0.25) is 4.79 Å². The Labute approximate surface area is 285 Å². The maximum atomic E-state index is 14.4. The maximum absolute atomic E-state index is 14.4. The van der Waals surface area contributed by atoms with E-state index in [0.717, 1.165) is 77.3 Å². The number of amides is 1. The Morgan fingerprint density at radius 1 is 1.12 bits per heavy atom. The molecule has 0 radical (unpaired) electrons. The summed E-state index contributed by atoms with van der Waals surface area (Å²) < 4.78 is 81.5. The van der Waals surface area contributed by atoms with Crippen LogP contribution in [0.3, 0.4) is 0 Å². The lowest BCUT2D eigenvalue weighted by molar-refractivity contribution is -0.120. The molecule has 5 fully saturated rings. The molecule has 3 aliphatic heterocycles. The van der Waals surface area contributed by atoms with Crippen molar-refractivity contribution in [2.45, 2.75) is 101 Å². The van der Waals surface area contributed by atoms with E-state index in [1.807, 2.05) is 0 Å². The Morgan fingerprint density at radius 2 is 1.86 bits per heavy atom. The van der Waals surface area contributed by atoms with Gasteiger partial charge in [0, 0.05) is 56.0 Å². The lowest BCUT2D eigenvalue weighted by atomic mass is 9.72. The first-order valence-corrected chi connectivity index (χ1v) is 18.9. The zero-order chi connectivity index (χ0) is 34.6. The van der Waals surface area contributed by atoms with Crippen LogP contribution in [0.25, 0.3) is 0 Å². The van der Waals surface area contributed by atoms with Crippen molar-refractivity contribution in [3.05, 3.63) is 42.1 Å². The van der Waals surface area contributed by atoms with Crippen LogP contribution in [0.5, 0.6) is 11.5 Å². The molecule has 7 rings (SSSR count). The van der Waals surface area contributed by atoms with Crippen molar-refractivity contribution in [1.29, 1.82) is 0 Å². The number of alkyl halides is 2. The molecule has 2 aliphatic carbocycles. The van der Waals surface area contributed by atoms with Gasteiger partial charge < -0.3 is 24.2 Å². The van der Waals surface area contributed by atoms with Crippen LogP contribution in [0.4, 0.5) is 19.0 Å². The Balaban J connectivity index is 0.938. The van der Waals surface area contributed by atoms with Gasteiger partial charge in [0.25, 0.3) is 11.8 Å². The summed E-state index contributed by atoms with van der Waals surface area (Å²) >= 11 is 0. The summed E-state index contributed by atoms with van der Waals surface area (Å²) in [5.41, 5.74) is 0.0981. The number of aromatic nitrogens is 2. The summed E-state index contributed by atoms with van der Waals surface area (Å²) in [6.07, 6.45) is 7.36. The number of rotatable bonds is 11. The van der Waals surface area contributed by atoms with Crippen LogP contribution in [0, 0.1) is 11.2 Å². The standard InChI is InChI=1S/C34H45F3N6O5S/c1-22(2)43(25-14-34(36,37)15-25)32(44)28-13-23(35)3-8-29(28)48-30-16-38-21-39-31(30)42-19-33(20-42)9-11-41(12-10-33)17-26-5-4-24(18-47-26)40-49(45,46)27-6-7-27/h3,8,13,16,21-22,24-27,40H,4-7,9-12,14-15,17-20H2,1-2H3/t24-,26+/m1/s1. The zero-order valence-corrected chi connectivity index (χ0v) is 28.8. The Morgan fingerprint density at radius 3 is 2.49 bits per heavy atom. The SMILES string of the molecule is CC(C)N(C(=O)c1cc(F)ccc1Oc1cncnc1N1CC2(CCN(C[C@@H]3CC[C@@H](NS(=O)(=O)C4CC4)CO3)CC2)C1)C1CC(F)(F)C1. The second-order valence-electron chi connectivity index (χ2n) is 14.9. The van der Waals surface area contributed by atoms with Crippen molar-refractivity contribution in [1.82, 2.24) is 24.5 Å². The first-order chi connectivity index (χ1) is 23.3. The van der Waals surface area contributed by atoms with Gasteiger partial charge in [0.15, 0.2) is 11.6 Å². The molecule has 1 spiro atoms. The second kappa shape index (κ2) is 13.3. The second-order valence-corrected chi connectivity index (χ2v) is 16.9. The number of hydrogen-bond donors (Lipinski definition) is 1. The lowest BCUT2D eigenvalue weighted by Crippen LogP contribution is -2.61. The van der Waals surface area contributed by atoms with Crippen molar-refractivity contribution in [3.8, 4) is 11.5 Å². The highest BCUT2D eigenvalue weighted by atomic mass is 32.2. The Bertz CT molecular complexity index is 1630. The number of carbonyl (C=O) groups is 1. The molecule has 3 saturated heterocycles. The summed E-state index contributed by atoms with van der Waals surface area (Å²) in [7, 11) is -3.21. The topological polar surface area (TPSA) is 117 Å². The molecule has 0 bridgehead atoms. The predicted molar refractivity (Wildman–Crippen MR) is 176 cm³/mol. The van der Waals surface area contributed by atoms with Gasteiger partial charge in [-0.1, -0.05) is 0 Å². The van der Waals surface area contributed by atoms with Gasteiger partial charge in [0.1, 0.15) is 17.9 Å². The van der Waals surface area contributed by atoms with Crippen LogP contribution >= 0.6 is 0 Å². The van der Waals surface area contributed by atoms with E-state index < -0.39 is 46.6 Å². The van der Waals surface area contributed by atoms with Gasteiger partial charge in [-0.2, -0.15) is 0 Å². The number of sulfonamides is 1. The number of ether oxygens (including phenoxy) is 2. The Hall–Kier alpha value is -3.01. The molecule has 2 atom stereocenters. The number of hydrogen-bond acceptors (Lipinski definition) is 9. The van der Waals surface area contributed by atoms with Crippen LogP contribution in [0.1, 0.15) is 75.6 Å². The zero-order valence-electron chi connectivity index (χ0n) is 28.0. The fourth-order valence-corrected chi connectivity index (χ4v) is 9.36. The molecule has 0 unspecified atom stereocenters. The molecule has 1 aromatic heterocycles. The number of anilines is 1. The largest absolute Gasteiger partial charge is 0.451 e. The summed E-state index contributed by atoms with van der Waals surface area (Å²) in [6, 6.07) is 2.52. The van der Waals surface area contributed by atoms with Gasteiger partial charge in [-0.05, 0) is 83.7 Å². The number of carbonyl (C=O) groups excluding carboxylic acids is 1. The highest BCUT2D eigenvalue weighted by Crippen LogP contribution is 2.46. The molecule has 49 heavy (non-hydrogen) atoms. The highest BCUT2D eigenvalue weighted by molar-refractivity contribution is 7.90. The monoisotopic (exact) mass is 706 g/mol. The fraction of sp³-hybridized carbons (Fsp3) is 0.676. The average molecular weight is 707 g/mol. The van der Waals surface area contributed by atoms with Gasteiger partial charge in [0.05, 0.1) is 29.7 Å². The van der Waals surface area contributed by atoms with E-state index in [-0.39, 0.29) is 40.2 Å². The third kappa shape index (κ3) is 7.54. The molecule has 11 nitrogen and oxygen atoms in total. The minimum atomic E-state index is -3.21.